The van der Waals surface area contributed by atoms with Crippen LogP contribution in [0.4, 0.5) is 0 Å². The minimum Gasteiger partial charge on any atom is -0.375 e. The monoisotopic (exact) mass is 183 g/mol. The number of nitrogens with one attached hydrogen (secondary N) is 1. The fourth-order valence-electron chi connectivity index (χ4n) is 2.57. The van der Waals surface area contributed by atoms with Crippen molar-refractivity contribution in [2.24, 2.45) is 0 Å². The summed E-state index contributed by atoms with van der Waals surface area (Å²) in [6.45, 7) is 5.46. The van der Waals surface area contributed by atoms with E-state index in [0.29, 0.717) is 11.6 Å². The molecule has 0 aromatic rings. The molecule has 2 aliphatic rings. The highest BCUT2D eigenvalue weighted by Crippen LogP contribution is 2.40. The van der Waals surface area contributed by atoms with Crippen molar-refractivity contribution >= 4 is 0 Å². The molecule has 1 aliphatic carbocycles. The fraction of sp³-hybridized carbons (Fsp3) is 1.00. The molecule has 0 bridgehead atoms. The molecular weight excluding hydrogens is 162 g/mol. The van der Waals surface area contributed by atoms with Gasteiger partial charge in [0, 0.05) is 12.1 Å². The van der Waals surface area contributed by atoms with E-state index in [-0.39, 0.29) is 0 Å². The van der Waals surface area contributed by atoms with E-state index in [1.54, 1.807) is 0 Å². The van der Waals surface area contributed by atoms with Gasteiger partial charge in [-0.3, -0.25) is 0 Å². The van der Waals surface area contributed by atoms with Crippen LogP contribution in [0.15, 0.2) is 0 Å². The summed E-state index contributed by atoms with van der Waals surface area (Å²) >= 11 is 0. The number of ether oxygens (including phenoxy) is 1. The minimum absolute atomic E-state index is 0.329. The largest absolute Gasteiger partial charge is 0.375 e. The lowest BCUT2D eigenvalue weighted by atomic mass is 9.77. The van der Waals surface area contributed by atoms with E-state index >= 15 is 0 Å². The van der Waals surface area contributed by atoms with Gasteiger partial charge in [-0.25, -0.2) is 0 Å². The Bertz CT molecular complexity index is 165. The Hall–Kier alpha value is -0.0800. The van der Waals surface area contributed by atoms with Gasteiger partial charge in [-0.15, -0.1) is 0 Å². The van der Waals surface area contributed by atoms with Crippen LogP contribution in [0.1, 0.15) is 46.0 Å². The van der Waals surface area contributed by atoms with E-state index in [1.807, 2.05) is 0 Å². The van der Waals surface area contributed by atoms with Crippen LogP contribution in [0.25, 0.3) is 0 Å². The Morgan fingerprint density at radius 3 is 2.23 bits per heavy atom. The first-order valence-corrected chi connectivity index (χ1v) is 5.60. The molecular formula is C11H21NO. The molecule has 1 saturated heterocycles. The maximum atomic E-state index is 5.68. The molecule has 0 aromatic carbocycles. The van der Waals surface area contributed by atoms with Crippen molar-refractivity contribution in [3.8, 4) is 0 Å². The highest BCUT2D eigenvalue weighted by molar-refractivity contribution is 4.94. The number of hydrogen-bond donors (Lipinski definition) is 1. The first-order chi connectivity index (χ1) is 6.20. The van der Waals surface area contributed by atoms with Crippen LogP contribution in [-0.4, -0.2) is 24.3 Å². The van der Waals surface area contributed by atoms with Crippen LogP contribution in [-0.2, 0) is 4.74 Å². The summed E-state index contributed by atoms with van der Waals surface area (Å²) in [6.07, 6.45) is 6.46. The molecule has 0 radical (unpaired) electrons. The Balaban J connectivity index is 1.76. The van der Waals surface area contributed by atoms with Gasteiger partial charge >= 0.3 is 0 Å². The molecule has 2 nitrogen and oxygen atoms in total. The summed E-state index contributed by atoms with van der Waals surface area (Å²) in [5.41, 5.74) is 0.329. The summed E-state index contributed by atoms with van der Waals surface area (Å²) < 4.78 is 5.68. The van der Waals surface area contributed by atoms with Gasteiger partial charge in [0.2, 0.25) is 0 Å². The highest BCUT2D eigenvalue weighted by Gasteiger charge is 2.41. The Morgan fingerprint density at radius 1 is 1.23 bits per heavy atom. The lowest BCUT2D eigenvalue weighted by molar-refractivity contribution is -0.167. The van der Waals surface area contributed by atoms with Crippen LogP contribution in [0.5, 0.6) is 0 Å². The third-order valence-electron chi connectivity index (χ3n) is 3.43. The average molecular weight is 183 g/mol. The molecule has 1 spiro atoms. The van der Waals surface area contributed by atoms with Crippen molar-refractivity contribution in [3.63, 3.8) is 0 Å². The van der Waals surface area contributed by atoms with Crippen LogP contribution in [0.3, 0.4) is 0 Å². The molecule has 0 unspecified atom stereocenters. The smallest absolute Gasteiger partial charge is 0.0705 e. The molecule has 1 saturated carbocycles. The summed E-state index contributed by atoms with van der Waals surface area (Å²) in [6, 6.07) is 1.37. The molecule has 1 aliphatic heterocycles. The molecule has 2 heteroatoms. The summed E-state index contributed by atoms with van der Waals surface area (Å²) in [4.78, 5) is 0. The first-order valence-electron chi connectivity index (χ1n) is 5.60. The van der Waals surface area contributed by atoms with Gasteiger partial charge in [0.15, 0.2) is 0 Å². The van der Waals surface area contributed by atoms with E-state index < -0.39 is 0 Å². The standard InChI is InChI=1S/C11H21NO/c1-9(2)12-10-3-5-11(6-4-10)7-8-13-11/h9-10,12H,3-8H2,1-2H3/t10-,11-. The van der Waals surface area contributed by atoms with Gasteiger partial charge in [0.25, 0.3) is 0 Å². The van der Waals surface area contributed by atoms with Gasteiger partial charge in [-0.1, -0.05) is 13.8 Å². The van der Waals surface area contributed by atoms with Gasteiger partial charge in [-0.05, 0) is 32.1 Å². The molecule has 13 heavy (non-hydrogen) atoms. The molecule has 0 atom stereocenters. The van der Waals surface area contributed by atoms with Crippen molar-refractivity contribution < 1.29 is 4.74 Å². The Kier molecular flexibility index (Phi) is 2.61. The van der Waals surface area contributed by atoms with Crippen LogP contribution >= 0.6 is 0 Å². The summed E-state index contributed by atoms with van der Waals surface area (Å²) in [7, 11) is 0. The van der Waals surface area contributed by atoms with E-state index in [4.69, 9.17) is 4.74 Å². The van der Waals surface area contributed by atoms with Crippen molar-refractivity contribution in [1.82, 2.24) is 5.32 Å². The molecule has 1 heterocycles. The first kappa shape index (κ1) is 9.47. The molecule has 0 amide bonds. The van der Waals surface area contributed by atoms with Gasteiger partial charge < -0.3 is 10.1 Å². The Labute approximate surface area is 81.0 Å². The molecule has 76 valence electrons. The zero-order chi connectivity index (χ0) is 9.31. The third-order valence-corrected chi connectivity index (χ3v) is 3.43. The van der Waals surface area contributed by atoms with Gasteiger partial charge in [0.05, 0.1) is 12.2 Å². The third kappa shape index (κ3) is 2.05. The van der Waals surface area contributed by atoms with Crippen LogP contribution in [0.2, 0.25) is 0 Å². The second-order valence-corrected chi connectivity index (χ2v) is 4.88. The maximum absolute atomic E-state index is 5.68. The van der Waals surface area contributed by atoms with Crippen LogP contribution < -0.4 is 5.32 Å². The van der Waals surface area contributed by atoms with Crippen molar-refractivity contribution in [3.05, 3.63) is 0 Å². The maximum Gasteiger partial charge on any atom is 0.0705 e. The predicted octanol–water partition coefficient (Wildman–Crippen LogP) is 2.09. The lowest BCUT2D eigenvalue weighted by Crippen LogP contribution is -2.50. The second kappa shape index (κ2) is 3.58. The second-order valence-electron chi connectivity index (χ2n) is 4.88. The normalized spacial score (nSPS) is 39.5. The van der Waals surface area contributed by atoms with E-state index in [2.05, 4.69) is 19.2 Å². The fourth-order valence-corrected chi connectivity index (χ4v) is 2.57. The van der Waals surface area contributed by atoms with Crippen LogP contribution in [0, 0.1) is 0 Å². The topological polar surface area (TPSA) is 21.3 Å². The number of rotatable bonds is 2. The van der Waals surface area contributed by atoms with Crippen molar-refractivity contribution in [1.29, 1.82) is 0 Å². The average Bonchev–Trinajstić information content (AvgIpc) is 2.02. The van der Waals surface area contributed by atoms with Gasteiger partial charge in [-0.2, -0.15) is 0 Å². The molecule has 2 rings (SSSR count). The van der Waals surface area contributed by atoms with E-state index in [0.717, 1.165) is 12.6 Å². The quantitative estimate of drug-likeness (QED) is 0.707. The number of hydrogen-bond acceptors (Lipinski definition) is 2. The van der Waals surface area contributed by atoms with E-state index in [1.165, 1.54) is 32.1 Å². The summed E-state index contributed by atoms with van der Waals surface area (Å²) in [5.74, 6) is 0. The molecule has 2 fully saturated rings. The molecule has 1 N–H and O–H groups in total. The summed E-state index contributed by atoms with van der Waals surface area (Å²) in [5, 5.41) is 3.61. The van der Waals surface area contributed by atoms with E-state index in [9.17, 15) is 0 Å². The zero-order valence-corrected chi connectivity index (χ0v) is 8.81. The Morgan fingerprint density at radius 2 is 1.85 bits per heavy atom. The van der Waals surface area contributed by atoms with Gasteiger partial charge in [0.1, 0.15) is 0 Å². The highest BCUT2D eigenvalue weighted by atomic mass is 16.5. The minimum atomic E-state index is 0.329. The predicted molar refractivity (Wildman–Crippen MR) is 53.8 cm³/mol. The van der Waals surface area contributed by atoms with Crippen molar-refractivity contribution in [2.45, 2.75) is 63.6 Å². The lowest BCUT2D eigenvalue weighted by Gasteiger charge is -2.47. The van der Waals surface area contributed by atoms with Crippen molar-refractivity contribution in [2.75, 3.05) is 6.61 Å². The molecule has 0 aromatic heterocycles. The zero-order valence-electron chi connectivity index (χ0n) is 8.81. The SMILES string of the molecule is CC(C)N[C@H]1CC[C@@]2(CCO2)CC1.